The highest BCUT2D eigenvalue weighted by Gasteiger charge is 2.15. The summed E-state index contributed by atoms with van der Waals surface area (Å²) >= 11 is 1.56. The van der Waals surface area contributed by atoms with Gasteiger partial charge in [0.15, 0.2) is 0 Å². The van der Waals surface area contributed by atoms with E-state index in [1.54, 1.807) is 36.6 Å². The van der Waals surface area contributed by atoms with Gasteiger partial charge in [0, 0.05) is 5.56 Å². The molecule has 8 heteroatoms. The third-order valence-electron chi connectivity index (χ3n) is 3.96. The van der Waals surface area contributed by atoms with Crippen molar-refractivity contribution < 1.29 is 13.9 Å². The van der Waals surface area contributed by atoms with E-state index in [0.717, 1.165) is 21.0 Å². The van der Waals surface area contributed by atoms with Crippen molar-refractivity contribution in [1.29, 1.82) is 0 Å². The van der Waals surface area contributed by atoms with Crippen LogP contribution in [0, 0.1) is 6.57 Å². The molecular weight excluding hydrogens is 364 g/mol. The van der Waals surface area contributed by atoms with Crippen LogP contribution in [0.25, 0.3) is 26.5 Å². The lowest BCUT2D eigenvalue weighted by Crippen LogP contribution is -1.88. The number of fused-ring (bicyclic) bond motifs is 1. The maximum atomic E-state index is 7.25. The summed E-state index contributed by atoms with van der Waals surface area (Å²) in [6.45, 7) is 7.25. The Morgan fingerprint density at radius 3 is 2.74 bits per heavy atom. The molecule has 0 N–H and O–H groups in total. The number of nitrogens with zero attached hydrogens (tertiary/aromatic N) is 4. The van der Waals surface area contributed by atoms with Crippen molar-refractivity contribution in [3.8, 4) is 23.0 Å². The topological polar surface area (TPSA) is 74.6 Å². The molecule has 0 radical (unpaired) electrons. The van der Waals surface area contributed by atoms with Gasteiger partial charge in [-0.05, 0) is 30.3 Å². The molecule has 7 nitrogen and oxygen atoms in total. The lowest BCUT2D eigenvalue weighted by Gasteiger charge is -2.03. The number of benzene rings is 2. The average molecular weight is 378 g/mol. The Labute approximate surface area is 159 Å². The molecule has 2 heterocycles. The van der Waals surface area contributed by atoms with Crippen molar-refractivity contribution in [3.05, 3.63) is 58.7 Å². The lowest BCUT2D eigenvalue weighted by atomic mass is 10.2. The van der Waals surface area contributed by atoms with E-state index in [2.05, 4.69) is 20.0 Å². The summed E-state index contributed by atoms with van der Waals surface area (Å²) in [5.74, 6) is 2.07. The third kappa shape index (κ3) is 3.20. The van der Waals surface area contributed by atoms with Crippen molar-refractivity contribution in [2.24, 2.45) is 0 Å². The van der Waals surface area contributed by atoms with E-state index in [9.17, 15) is 0 Å². The number of methoxy groups -OCH3 is 2. The molecule has 27 heavy (non-hydrogen) atoms. The van der Waals surface area contributed by atoms with Crippen LogP contribution in [-0.2, 0) is 6.42 Å². The first kappa shape index (κ1) is 17.0. The Hall–Kier alpha value is -3.44. The first-order valence-electron chi connectivity index (χ1n) is 8.02. The van der Waals surface area contributed by atoms with Gasteiger partial charge in [0.05, 0.1) is 31.9 Å². The molecule has 0 bridgehead atoms. The quantitative estimate of drug-likeness (QED) is 0.476. The van der Waals surface area contributed by atoms with E-state index < -0.39 is 0 Å². The molecule has 0 atom stereocenters. The highest BCUT2D eigenvalue weighted by atomic mass is 32.1. The summed E-state index contributed by atoms with van der Waals surface area (Å²) in [7, 11) is 3.16. The molecule has 0 aliphatic heterocycles. The maximum absolute atomic E-state index is 7.25. The highest BCUT2D eigenvalue weighted by molar-refractivity contribution is 7.18. The summed E-state index contributed by atoms with van der Waals surface area (Å²) in [5, 5.41) is 9.06. The van der Waals surface area contributed by atoms with E-state index >= 15 is 0 Å². The van der Waals surface area contributed by atoms with Crippen molar-refractivity contribution in [2.45, 2.75) is 6.42 Å². The maximum Gasteiger partial charge on any atom is 0.246 e. The Morgan fingerprint density at radius 2 is 1.96 bits per heavy atom. The van der Waals surface area contributed by atoms with Crippen molar-refractivity contribution >= 4 is 27.2 Å². The van der Waals surface area contributed by atoms with Gasteiger partial charge in [-0.15, -0.1) is 21.5 Å². The first-order chi connectivity index (χ1) is 13.2. The van der Waals surface area contributed by atoms with Crippen LogP contribution in [0.5, 0.6) is 11.5 Å². The van der Waals surface area contributed by atoms with Crippen LogP contribution in [0.1, 0.15) is 10.9 Å². The van der Waals surface area contributed by atoms with Crippen LogP contribution in [0.4, 0.5) is 5.69 Å². The zero-order valence-corrected chi connectivity index (χ0v) is 15.4. The number of hydrogen-bond donors (Lipinski definition) is 0. The van der Waals surface area contributed by atoms with Gasteiger partial charge in [-0.1, -0.05) is 6.07 Å². The molecule has 0 saturated heterocycles. The lowest BCUT2D eigenvalue weighted by molar-refractivity contribution is 0.417. The summed E-state index contributed by atoms with van der Waals surface area (Å²) in [6.07, 6.45) is 0.432. The normalized spacial score (nSPS) is 10.7. The molecular formula is C19H14N4O3S. The van der Waals surface area contributed by atoms with E-state index in [-0.39, 0.29) is 0 Å². The van der Waals surface area contributed by atoms with Crippen LogP contribution in [0.3, 0.4) is 0 Å². The fourth-order valence-electron chi connectivity index (χ4n) is 2.69. The van der Waals surface area contributed by atoms with Gasteiger partial charge in [0.2, 0.25) is 17.5 Å². The van der Waals surface area contributed by atoms with Gasteiger partial charge < -0.3 is 13.9 Å². The first-order valence-corrected chi connectivity index (χ1v) is 8.84. The van der Waals surface area contributed by atoms with Crippen molar-refractivity contribution in [3.63, 3.8) is 0 Å². The Balaban J connectivity index is 1.61. The smallest absolute Gasteiger partial charge is 0.246 e. The fraction of sp³-hybridized carbons (Fsp3) is 0.158. The zero-order valence-electron chi connectivity index (χ0n) is 14.6. The molecule has 0 aliphatic rings. The minimum absolute atomic E-state index is 0.358. The Kier molecular flexibility index (Phi) is 4.44. The molecule has 2 aromatic carbocycles. The van der Waals surface area contributed by atoms with Gasteiger partial charge >= 0.3 is 0 Å². The molecule has 0 aliphatic carbocycles. The SMILES string of the molecule is [C-]#[N+]c1cc(-c2nnc(Cc3nc4c(OC)cccc4s3)o2)ccc1OC. The second kappa shape index (κ2) is 7.05. The minimum atomic E-state index is 0.358. The molecule has 0 fully saturated rings. The fourth-order valence-corrected chi connectivity index (χ4v) is 3.67. The van der Waals surface area contributed by atoms with Crippen LogP contribution >= 0.6 is 11.3 Å². The summed E-state index contributed by atoms with van der Waals surface area (Å²) in [5.41, 5.74) is 1.90. The number of para-hydroxylation sites is 1. The average Bonchev–Trinajstić information content (AvgIpc) is 3.33. The van der Waals surface area contributed by atoms with Crippen molar-refractivity contribution in [2.75, 3.05) is 14.2 Å². The molecule has 2 aromatic heterocycles. The highest BCUT2D eigenvalue weighted by Crippen LogP contribution is 2.33. The van der Waals surface area contributed by atoms with Gasteiger partial charge in [-0.2, -0.15) is 0 Å². The van der Waals surface area contributed by atoms with Crippen LogP contribution < -0.4 is 9.47 Å². The monoisotopic (exact) mass is 378 g/mol. The van der Waals surface area contributed by atoms with Crippen LogP contribution in [0.2, 0.25) is 0 Å². The van der Waals surface area contributed by atoms with Crippen LogP contribution in [-0.4, -0.2) is 29.4 Å². The van der Waals surface area contributed by atoms with E-state index in [4.69, 9.17) is 20.5 Å². The largest absolute Gasteiger partial charge is 0.508 e. The molecule has 134 valence electrons. The minimum Gasteiger partial charge on any atom is -0.508 e. The molecule has 0 amide bonds. The third-order valence-corrected chi connectivity index (χ3v) is 4.98. The van der Waals surface area contributed by atoms with Gasteiger partial charge in [0.25, 0.3) is 0 Å². The van der Waals surface area contributed by atoms with E-state index in [0.29, 0.717) is 35.2 Å². The van der Waals surface area contributed by atoms with E-state index in [1.807, 2.05) is 18.2 Å². The zero-order chi connectivity index (χ0) is 18.8. The number of ether oxygens (including phenoxy) is 2. The Morgan fingerprint density at radius 1 is 1.11 bits per heavy atom. The molecule has 0 spiro atoms. The molecule has 0 unspecified atom stereocenters. The number of rotatable bonds is 5. The molecule has 0 saturated carbocycles. The van der Waals surface area contributed by atoms with Gasteiger partial charge in [-0.25, -0.2) is 9.83 Å². The number of thiazole rings is 1. The molecule has 4 aromatic rings. The number of hydrogen-bond acceptors (Lipinski definition) is 7. The summed E-state index contributed by atoms with van der Waals surface area (Å²) in [6, 6.07) is 11.0. The predicted octanol–water partition coefficient (Wildman–Crippen LogP) is 4.51. The second-order valence-corrected chi connectivity index (χ2v) is 6.71. The predicted molar refractivity (Wildman–Crippen MR) is 102 cm³/mol. The Bertz CT molecular complexity index is 1160. The number of aromatic nitrogens is 3. The van der Waals surface area contributed by atoms with Crippen LogP contribution in [0.15, 0.2) is 40.8 Å². The van der Waals surface area contributed by atoms with Gasteiger partial charge in [-0.3, -0.25) is 0 Å². The second-order valence-electron chi connectivity index (χ2n) is 5.59. The molecule has 4 rings (SSSR count). The summed E-state index contributed by atoms with van der Waals surface area (Å²) < 4.78 is 17.3. The van der Waals surface area contributed by atoms with Gasteiger partial charge in [0.1, 0.15) is 22.0 Å². The summed E-state index contributed by atoms with van der Waals surface area (Å²) in [4.78, 5) is 8.08. The standard InChI is InChI=1S/C19H14N4O3S/c1-20-12-9-11(7-8-13(12)24-2)19-23-22-16(26-19)10-17-21-18-14(25-3)5-4-6-15(18)27-17/h4-9H,10H2,2-3H3. The van der Waals surface area contributed by atoms with Crippen molar-refractivity contribution in [1.82, 2.24) is 15.2 Å². The van der Waals surface area contributed by atoms with E-state index in [1.165, 1.54) is 7.11 Å².